The van der Waals surface area contributed by atoms with E-state index in [1.54, 1.807) is 6.33 Å². The van der Waals surface area contributed by atoms with Crippen molar-refractivity contribution in [3.63, 3.8) is 0 Å². The van der Waals surface area contributed by atoms with Gasteiger partial charge in [0.1, 0.15) is 16.9 Å². The molecule has 2 heterocycles. The number of fused-ring (bicyclic) bond motifs is 1. The van der Waals surface area contributed by atoms with Crippen LogP contribution in [0, 0.1) is 0 Å². The fraction of sp³-hybridized carbons (Fsp3) is 0.143. The molecule has 3 rings (SSSR count). The van der Waals surface area contributed by atoms with Crippen LogP contribution < -0.4 is 0 Å². The average Bonchev–Trinajstić information content (AvgIpc) is 2.88. The average molecular weight is 363 g/mol. The van der Waals surface area contributed by atoms with Gasteiger partial charge in [-0.05, 0) is 12.1 Å². The number of hydrogen-bond donors (Lipinski definition) is 0. The summed E-state index contributed by atoms with van der Waals surface area (Å²) in [4.78, 5) is 24.8. The van der Waals surface area contributed by atoms with Crippen molar-refractivity contribution >= 4 is 44.6 Å². The third kappa shape index (κ3) is 2.98. The second kappa shape index (κ2) is 5.95. The Kier molecular flexibility index (Phi) is 4.03. The number of nitrogens with zero attached hydrogens (tertiary/aromatic N) is 4. The van der Waals surface area contributed by atoms with Gasteiger partial charge in [0.15, 0.2) is 11.4 Å². The predicted molar refractivity (Wildman–Crippen MR) is 85.5 cm³/mol. The molecule has 0 bridgehead atoms. The molecule has 3 aromatic rings. The zero-order valence-corrected chi connectivity index (χ0v) is 13.6. The normalized spacial score (nSPS) is 11.0. The lowest BCUT2D eigenvalue weighted by Crippen LogP contribution is -2.02. The van der Waals surface area contributed by atoms with E-state index in [0.29, 0.717) is 11.3 Å². The summed E-state index contributed by atoms with van der Waals surface area (Å²) in [5, 5.41) is 0.728. The number of halogens is 1. The Morgan fingerprint density at radius 1 is 1.24 bits per heavy atom. The molecule has 2 aromatic heterocycles. The first-order valence-electron chi connectivity index (χ1n) is 6.19. The van der Waals surface area contributed by atoms with E-state index in [2.05, 4.69) is 30.9 Å². The number of imidazole rings is 1. The van der Waals surface area contributed by atoms with E-state index in [-0.39, 0.29) is 5.78 Å². The molecule has 0 saturated heterocycles. The van der Waals surface area contributed by atoms with Crippen molar-refractivity contribution in [1.82, 2.24) is 19.5 Å². The molecule has 21 heavy (non-hydrogen) atoms. The number of carbonyl (C=O) groups excluding carboxylic acids is 1. The van der Waals surface area contributed by atoms with E-state index in [1.165, 1.54) is 18.1 Å². The smallest absolute Gasteiger partial charge is 0.173 e. The van der Waals surface area contributed by atoms with Crippen molar-refractivity contribution in [3.05, 3.63) is 47.0 Å². The van der Waals surface area contributed by atoms with Crippen LogP contribution in [0.15, 0.2) is 46.4 Å². The minimum absolute atomic E-state index is 0.0650. The van der Waals surface area contributed by atoms with Crippen LogP contribution in [0.2, 0.25) is 0 Å². The van der Waals surface area contributed by atoms with Gasteiger partial charge in [0, 0.05) is 17.1 Å². The standard InChI is InChI=1S/C14H11BrN4OS/c1-19-8-18-12-13(19)16-7-17-14(12)21-6-11(20)9-2-4-10(15)5-3-9/h2-5,7-8H,6H2,1H3. The maximum atomic E-state index is 12.2. The van der Waals surface area contributed by atoms with Gasteiger partial charge in [-0.3, -0.25) is 4.79 Å². The van der Waals surface area contributed by atoms with Crippen LogP contribution in [-0.2, 0) is 7.05 Å². The Hall–Kier alpha value is -1.73. The SMILES string of the molecule is Cn1cnc2c(SCC(=O)c3ccc(Br)cc3)ncnc21. The highest BCUT2D eigenvalue weighted by Crippen LogP contribution is 2.23. The first-order chi connectivity index (χ1) is 10.1. The fourth-order valence-electron chi connectivity index (χ4n) is 1.88. The summed E-state index contributed by atoms with van der Waals surface area (Å²) in [6, 6.07) is 7.34. The summed E-state index contributed by atoms with van der Waals surface area (Å²) in [6.45, 7) is 0. The van der Waals surface area contributed by atoms with Gasteiger partial charge < -0.3 is 4.57 Å². The molecule has 0 N–H and O–H groups in total. The number of rotatable bonds is 4. The van der Waals surface area contributed by atoms with Gasteiger partial charge in [0.05, 0.1) is 12.1 Å². The van der Waals surface area contributed by atoms with Gasteiger partial charge in [-0.2, -0.15) is 0 Å². The van der Waals surface area contributed by atoms with Gasteiger partial charge in [0.2, 0.25) is 0 Å². The monoisotopic (exact) mass is 362 g/mol. The minimum Gasteiger partial charge on any atom is -0.318 e. The summed E-state index contributed by atoms with van der Waals surface area (Å²) in [5.41, 5.74) is 2.19. The number of thioether (sulfide) groups is 1. The van der Waals surface area contributed by atoms with E-state index >= 15 is 0 Å². The maximum Gasteiger partial charge on any atom is 0.173 e. The molecule has 0 fully saturated rings. The molecule has 5 nitrogen and oxygen atoms in total. The number of aryl methyl sites for hydroxylation is 1. The lowest BCUT2D eigenvalue weighted by Gasteiger charge is -2.02. The van der Waals surface area contributed by atoms with Crippen LogP contribution in [0.1, 0.15) is 10.4 Å². The lowest BCUT2D eigenvalue weighted by atomic mass is 10.2. The van der Waals surface area contributed by atoms with Crippen LogP contribution in [0.3, 0.4) is 0 Å². The van der Waals surface area contributed by atoms with E-state index in [9.17, 15) is 4.79 Å². The van der Waals surface area contributed by atoms with Crippen LogP contribution in [-0.4, -0.2) is 31.1 Å². The molecule has 0 aliphatic rings. The summed E-state index contributed by atoms with van der Waals surface area (Å²) < 4.78 is 2.79. The third-order valence-corrected chi connectivity index (χ3v) is 4.48. The fourth-order valence-corrected chi connectivity index (χ4v) is 2.98. The highest BCUT2D eigenvalue weighted by Gasteiger charge is 2.12. The van der Waals surface area contributed by atoms with Gasteiger partial charge in [0.25, 0.3) is 0 Å². The van der Waals surface area contributed by atoms with Crippen molar-refractivity contribution < 1.29 is 4.79 Å². The molecule has 0 amide bonds. The third-order valence-electron chi connectivity index (χ3n) is 2.97. The van der Waals surface area contributed by atoms with E-state index < -0.39 is 0 Å². The molecule has 0 unspecified atom stereocenters. The van der Waals surface area contributed by atoms with Gasteiger partial charge >= 0.3 is 0 Å². The number of hydrogen-bond acceptors (Lipinski definition) is 5. The van der Waals surface area contributed by atoms with Crippen molar-refractivity contribution in [3.8, 4) is 0 Å². The number of carbonyl (C=O) groups is 1. The predicted octanol–water partition coefficient (Wildman–Crippen LogP) is 3.10. The number of Topliss-reactive ketones (excluding diaryl/α,β-unsaturated/α-hetero) is 1. The molecule has 0 aliphatic heterocycles. The summed E-state index contributed by atoms with van der Waals surface area (Å²) in [6.07, 6.45) is 3.19. The molecule has 0 atom stereocenters. The molecule has 0 aliphatic carbocycles. The van der Waals surface area contributed by atoms with Gasteiger partial charge in [-0.15, -0.1) is 0 Å². The summed E-state index contributed by atoms with van der Waals surface area (Å²) >= 11 is 4.74. The van der Waals surface area contributed by atoms with Crippen molar-refractivity contribution in [2.75, 3.05) is 5.75 Å². The molecular formula is C14H11BrN4OS. The van der Waals surface area contributed by atoms with E-state index in [1.807, 2.05) is 35.9 Å². The molecule has 1 aromatic carbocycles. The molecule has 0 saturated carbocycles. The first-order valence-corrected chi connectivity index (χ1v) is 7.96. The zero-order chi connectivity index (χ0) is 14.8. The highest BCUT2D eigenvalue weighted by molar-refractivity contribution is 9.10. The quantitative estimate of drug-likeness (QED) is 0.405. The zero-order valence-electron chi connectivity index (χ0n) is 11.2. The Bertz CT molecular complexity index is 800. The first kappa shape index (κ1) is 14.2. The molecule has 0 radical (unpaired) electrons. The second-order valence-electron chi connectivity index (χ2n) is 4.43. The largest absolute Gasteiger partial charge is 0.318 e. The molecule has 106 valence electrons. The minimum atomic E-state index is 0.0650. The Balaban J connectivity index is 1.77. The van der Waals surface area contributed by atoms with E-state index in [4.69, 9.17) is 0 Å². The highest BCUT2D eigenvalue weighted by atomic mass is 79.9. The van der Waals surface area contributed by atoms with Crippen LogP contribution in [0.5, 0.6) is 0 Å². The van der Waals surface area contributed by atoms with E-state index in [0.717, 1.165) is 20.7 Å². The number of benzene rings is 1. The van der Waals surface area contributed by atoms with Crippen molar-refractivity contribution in [2.24, 2.45) is 7.05 Å². The Morgan fingerprint density at radius 3 is 2.76 bits per heavy atom. The molecular weight excluding hydrogens is 352 g/mol. The van der Waals surface area contributed by atoms with Crippen LogP contribution in [0.25, 0.3) is 11.2 Å². The van der Waals surface area contributed by atoms with Crippen LogP contribution in [0.4, 0.5) is 0 Å². The van der Waals surface area contributed by atoms with Crippen LogP contribution >= 0.6 is 27.7 Å². The van der Waals surface area contributed by atoms with Gasteiger partial charge in [-0.1, -0.05) is 39.8 Å². The lowest BCUT2D eigenvalue weighted by molar-refractivity contribution is 0.102. The molecule has 0 spiro atoms. The number of aromatic nitrogens is 4. The Labute approximate surface area is 133 Å². The van der Waals surface area contributed by atoms with Crippen molar-refractivity contribution in [2.45, 2.75) is 5.03 Å². The topological polar surface area (TPSA) is 60.7 Å². The maximum absolute atomic E-state index is 12.2. The van der Waals surface area contributed by atoms with Gasteiger partial charge in [-0.25, -0.2) is 15.0 Å². The second-order valence-corrected chi connectivity index (χ2v) is 6.30. The molecule has 7 heteroatoms. The van der Waals surface area contributed by atoms with Crippen molar-refractivity contribution in [1.29, 1.82) is 0 Å². The Morgan fingerprint density at radius 2 is 2.00 bits per heavy atom. The summed E-state index contributed by atoms with van der Waals surface area (Å²) in [5.74, 6) is 0.389. The summed E-state index contributed by atoms with van der Waals surface area (Å²) in [7, 11) is 1.88. The number of ketones is 1.